The quantitative estimate of drug-likeness (QED) is 0.856. The van der Waals surface area contributed by atoms with E-state index in [-0.39, 0.29) is 5.91 Å². The molecule has 21 heavy (non-hydrogen) atoms. The Bertz CT molecular complexity index is 679. The summed E-state index contributed by atoms with van der Waals surface area (Å²) in [5.74, 6) is 1.07. The average molecular weight is 281 g/mol. The Balaban J connectivity index is 2.09. The van der Waals surface area contributed by atoms with Crippen LogP contribution in [0.25, 0.3) is 11.1 Å². The van der Waals surface area contributed by atoms with E-state index in [0.29, 0.717) is 6.42 Å². The molecule has 108 valence electrons. The molecule has 1 heterocycles. The highest BCUT2D eigenvalue weighted by atomic mass is 16.5. The maximum atomic E-state index is 12.0. The van der Waals surface area contributed by atoms with Gasteiger partial charge in [-0.15, -0.1) is 0 Å². The lowest BCUT2D eigenvalue weighted by Crippen LogP contribution is -2.24. The molecule has 3 rings (SSSR count). The van der Waals surface area contributed by atoms with Crippen molar-refractivity contribution in [1.29, 1.82) is 0 Å². The topological polar surface area (TPSA) is 29.5 Å². The summed E-state index contributed by atoms with van der Waals surface area (Å²) in [6.45, 7) is 2.88. The second kappa shape index (κ2) is 5.60. The summed E-state index contributed by atoms with van der Waals surface area (Å²) in [4.78, 5) is 14.0. The number of amides is 1. The number of rotatable bonds is 3. The van der Waals surface area contributed by atoms with Crippen LogP contribution in [-0.4, -0.2) is 19.6 Å². The van der Waals surface area contributed by atoms with E-state index in [0.717, 1.165) is 41.1 Å². The number of anilines is 1. The van der Waals surface area contributed by atoms with Crippen LogP contribution in [-0.2, 0) is 4.79 Å². The van der Waals surface area contributed by atoms with Gasteiger partial charge < -0.3 is 9.64 Å². The second-order valence-corrected chi connectivity index (χ2v) is 5.35. The fourth-order valence-corrected chi connectivity index (χ4v) is 2.90. The van der Waals surface area contributed by atoms with Crippen LogP contribution < -0.4 is 9.64 Å². The third-order valence-corrected chi connectivity index (χ3v) is 3.99. The zero-order valence-electron chi connectivity index (χ0n) is 12.4. The number of para-hydroxylation sites is 1. The molecular weight excluding hydrogens is 262 g/mol. The van der Waals surface area contributed by atoms with Crippen molar-refractivity contribution in [1.82, 2.24) is 0 Å². The lowest BCUT2D eigenvalue weighted by atomic mass is 9.98. The van der Waals surface area contributed by atoms with Gasteiger partial charge in [0.05, 0.1) is 12.8 Å². The van der Waals surface area contributed by atoms with Gasteiger partial charge in [-0.1, -0.05) is 24.3 Å². The van der Waals surface area contributed by atoms with E-state index in [4.69, 9.17) is 4.74 Å². The van der Waals surface area contributed by atoms with E-state index in [1.54, 1.807) is 7.11 Å². The summed E-state index contributed by atoms with van der Waals surface area (Å²) in [7, 11) is 1.67. The van der Waals surface area contributed by atoms with Gasteiger partial charge in [-0.05, 0) is 42.7 Å². The van der Waals surface area contributed by atoms with Crippen molar-refractivity contribution in [3.63, 3.8) is 0 Å². The average Bonchev–Trinajstić information content (AvgIpc) is 2.93. The molecular formula is C18H19NO2. The van der Waals surface area contributed by atoms with Crippen LogP contribution in [0.2, 0.25) is 0 Å². The first-order valence-electron chi connectivity index (χ1n) is 7.25. The number of carbonyl (C=O) groups is 1. The second-order valence-electron chi connectivity index (χ2n) is 5.35. The van der Waals surface area contributed by atoms with Gasteiger partial charge in [0.25, 0.3) is 0 Å². The van der Waals surface area contributed by atoms with Crippen LogP contribution in [0.3, 0.4) is 0 Å². The lowest BCUT2D eigenvalue weighted by molar-refractivity contribution is -0.117. The van der Waals surface area contributed by atoms with Crippen molar-refractivity contribution >= 4 is 11.6 Å². The minimum absolute atomic E-state index is 0.216. The summed E-state index contributed by atoms with van der Waals surface area (Å²) in [5.41, 5.74) is 4.40. The van der Waals surface area contributed by atoms with Crippen LogP contribution in [0.4, 0.5) is 5.69 Å². The van der Waals surface area contributed by atoms with E-state index in [2.05, 4.69) is 19.1 Å². The molecule has 2 aromatic rings. The van der Waals surface area contributed by atoms with Crippen LogP contribution in [0.15, 0.2) is 42.5 Å². The van der Waals surface area contributed by atoms with Gasteiger partial charge in [0, 0.05) is 18.5 Å². The highest BCUT2D eigenvalue weighted by molar-refractivity contribution is 5.99. The van der Waals surface area contributed by atoms with Gasteiger partial charge in [0.15, 0.2) is 0 Å². The van der Waals surface area contributed by atoms with Gasteiger partial charge in [-0.25, -0.2) is 0 Å². The normalized spacial score (nSPS) is 14.6. The molecule has 0 N–H and O–H groups in total. The highest BCUT2D eigenvalue weighted by Crippen LogP contribution is 2.35. The standard InChI is InChI=1S/C18H19NO2/c1-13-12-14(21-2)9-10-15(13)16-6-3-4-7-17(16)19-11-5-8-18(19)20/h3-4,6-7,9-10,12H,5,8,11H2,1-2H3. The van der Waals surface area contributed by atoms with E-state index in [9.17, 15) is 4.79 Å². The molecule has 1 fully saturated rings. The molecule has 3 heteroatoms. The molecule has 1 saturated heterocycles. The maximum absolute atomic E-state index is 12.0. The molecule has 0 atom stereocenters. The minimum atomic E-state index is 0.216. The first kappa shape index (κ1) is 13.7. The van der Waals surface area contributed by atoms with Crippen LogP contribution in [0.5, 0.6) is 5.75 Å². The molecule has 2 aromatic carbocycles. The molecule has 0 bridgehead atoms. The fraction of sp³-hybridized carbons (Fsp3) is 0.278. The van der Waals surface area contributed by atoms with Gasteiger partial charge in [-0.3, -0.25) is 4.79 Å². The maximum Gasteiger partial charge on any atom is 0.227 e. The molecule has 0 aromatic heterocycles. The monoisotopic (exact) mass is 281 g/mol. The summed E-state index contributed by atoms with van der Waals surface area (Å²) in [6, 6.07) is 14.2. The Hall–Kier alpha value is -2.29. The largest absolute Gasteiger partial charge is 0.497 e. The Morgan fingerprint density at radius 3 is 2.57 bits per heavy atom. The Kier molecular flexibility index (Phi) is 3.65. The molecule has 0 unspecified atom stereocenters. The van der Waals surface area contributed by atoms with Crippen molar-refractivity contribution in [2.45, 2.75) is 19.8 Å². The Morgan fingerprint density at radius 2 is 1.90 bits per heavy atom. The van der Waals surface area contributed by atoms with E-state index in [1.165, 1.54) is 0 Å². The van der Waals surface area contributed by atoms with Crippen molar-refractivity contribution in [2.24, 2.45) is 0 Å². The van der Waals surface area contributed by atoms with Crippen molar-refractivity contribution in [3.8, 4) is 16.9 Å². The number of hydrogen-bond donors (Lipinski definition) is 0. The number of ether oxygens (including phenoxy) is 1. The molecule has 1 aliphatic rings. The molecule has 0 radical (unpaired) electrons. The Morgan fingerprint density at radius 1 is 1.10 bits per heavy atom. The number of methoxy groups -OCH3 is 1. The summed E-state index contributed by atoms with van der Waals surface area (Å²) < 4.78 is 5.27. The van der Waals surface area contributed by atoms with Crippen LogP contribution >= 0.6 is 0 Å². The fourth-order valence-electron chi connectivity index (χ4n) is 2.90. The van der Waals surface area contributed by atoms with Gasteiger partial charge in [0.1, 0.15) is 5.75 Å². The van der Waals surface area contributed by atoms with Gasteiger partial charge >= 0.3 is 0 Å². The summed E-state index contributed by atoms with van der Waals surface area (Å²) >= 11 is 0. The summed E-state index contributed by atoms with van der Waals surface area (Å²) in [5, 5.41) is 0. The van der Waals surface area contributed by atoms with E-state index >= 15 is 0 Å². The molecule has 0 spiro atoms. The van der Waals surface area contributed by atoms with Crippen molar-refractivity contribution in [2.75, 3.05) is 18.6 Å². The molecule has 0 aliphatic carbocycles. The minimum Gasteiger partial charge on any atom is -0.497 e. The lowest BCUT2D eigenvalue weighted by Gasteiger charge is -2.21. The number of hydrogen-bond acceptors (Lipinski definition) is 2. The van der Waals surface area contributed by atoms with E-state index < -0.39 is 0 Å². The number of nitrogens with zero attached hydrogens (tertiary/aromatic N) is 1. The van der Waals surface area contributed by atoms with Crippen molar-refractivity contribution < 1.29 is 9.53 Å². The first-order chi connectivity index (χ1) is 10.2. The predicted molar refractivity (Wildman–Crippen MR) is 84.8 cm³/mol. The highest BCUT2D eigenvalue weighted by Gasteiger charge is 2.24. The first-order valence-corrected chi connectivity index (χ1v) is 7.25. The van der Waals surface area contributed by atoms with E-state index in [1.807, 2.05) is 35.2 Å². The smallest absolute Gasteiger partial charge is 0.227 e. The zero-order valence-corrected chi connectivity index (χ0v) is 12.4. The summed E-state index contributed by atoms with van der Waals surface area (Å²) in [6.07, 6.45) is 1.59. The molecule has 1 amide bonds. The SMILES string of the molecule is COc1ccc(-c2ccccc2N2CCCC2=O)c(C)c1. The number of benzene rings is 2. The third kappa shape index (κ3) is 2.51. The predicted octanol–water partition coefficient (Wildman–Crippen LogP) is 3.80. The zero-order chi connectivity index (χ0) is 14.8. The number of aryl methyl sites for hydroxylation is 1. The van der Waals surface area contributed by atoms with Gasteiger partial charge in [0.2, 0.25) is 5.91 Å². The third-order valence-electron chi connectivity index (χ3n) is 3.99. The van der Waals surface area contributed by atoms with Crippen LogP contribution in [0.1, 0.15) is 18.4 Å². The number of carbonyl (C=O) groups excluding carboxylic acids is 1. The Labute approximate surface area is 125 Å². The molecule has 1 aliphatic heterocycles. The van der Waals surface area contributed by atoms with Gasteiger partial charge in [-0.2, -0.15) is 0 Å². The van der Waals surface area contributed by atoms with Crippen LogP contribution in [0, 0.1) is 6.92 Å². The molecule has 3 nitrogen and oxygen atoms in total. The molecule has 0 saturated carbocycles. The van der Waals surface area contributed by atoms with Crippen molar-refractivity contribution in [3.05, 3.63) is 48.0 Å².